The first-order valence-corrected chi connectivity index (χ1v) is 4.96. The molecule has 1 atom stereocenters. The summed E-state index contributed by atoms with van der Waals surface area (Å²) in [6.45, 7) is 9.22. The Kier molecular flexibility index (Phi) is 2.96. The normalized spacial score (nSPS) is 27.5. The van der Waals surface area contributed by atoms with Gasteiger partial charge in [-0.05, 0) is 26.2 Å². The van der Waals surface area contributed by atoms with Gasteiger partial charge in [0, 0.05) is 12.1 Å². The van der Waals surface area contributed by atoms with Gasteiger partial charge >= 0.3 is 0 Å². The molecule has 0 radical (unpaired) electrons. The van der Waals surface area contributed by atoms with Crippen molar-refractivity contribution in [1.29, 1.82) is 0 Å². The maximum atomic E-state index is 11.4. The molecule has 0 unspecified atom stereocenters. The average molecular weight is 184 g/mol. The van der Waals surface area contributed by atoms with E-state index in [0.717, 1.165) is 13.0 Å². The van der Waals surface area contributed by atoms with E-state index in [9.17, 15) is 4.79 Å². The fourth-order valence-corrected chi connectivity index (χ4v) is 1.66. The summed E-state index contributed by atoms with van der Waals surface area (Å²) in [5.41, 5.74) is 0.0352. The van der Waals surface area contributed by atoms with E-state index in [-0.39, 0.29) is 17.5 Å². The molecule has 1 fully saturated rings. The first-order chi connectivity index (χ1) is 5.91. The van der Waals surface area contributed by atoms with Gasteiger partial charge in [-0.3, -0.25) is 10.1 Å². The lowest BCUT2D eigenvalue weighted by Crippen LogP contribution is -2.63. The molecule has 0 aromatic rings. The Hall–Kier alpha value is -0.570. The number of rotatable bonds is 2. The minimum atomic E-state index is -0.0104. The van der Waals surface area contributed by atoms with E-state index < -0.39 is 0 Å². The van der Waals surface area contributed by atoms with Crippen LogP contribution in [0.2, 0.25) is 0 Å². The van der Waals surface area contributed by atoms with Gasteiger partial charge < -0.3 is 5.32 Å². The Morgan fingerprint density at radius 2 is 2.15 bits per heavy atom. The highest BCUT2D eigenvalue weighted by Gasteiger charge is 2.32. The minimum Gasteiger partial charge on any atom is -0.353 e. The van der Waals surface area contributed by atoms with Crippen LogP contribution in [0.5, 0.6) is 0 Å². The molecule has 1 saturated heterocycles. The van der Waals surface area contributed by atoms with Crippen molar-refractivity contribution in [3.05, 3.63) is 0 Å². The maximum Gasteiger partial charge on any atom is 0.237 e. The summed E-state index contributed by atoms with van der Waals surface area (Å²) < 4.78 is 0. The Morgan fingerprint density at radius 1 is 1.54 bits per heavy atom. The molecule has 0 aromatic carbocycles. The molecule has 0 aromatic heterocycles. The van der Waals surface area contributed by atoms with E-state index in [0.29, 0.717) is 5.92 Å². The van der Waals surface area contributed by atoms with Crippen molar-refractivity contribution >= 4 is 5.91 Å². The summed E-state index contributed by atoms with van der Waals surface area (Å²) in [6, 6.07) is -0.0104. The van der Waals surface area contributed by atoms with Gasteiger partial charge in [-0.2, -0.15) is 0 Å². The van der Waals surface area contributed by atoms with Gasteiger partial charge in [-0.1, -0.05) is 13.8 Å². The molecule has 1 rings (SSSR count). The topological polar surface area (TPSA) is 41.1 Å². The predicted octanol–water partition coefficient (Wildman–Crippen LogP) is 0.899. The number of hydrogen-bond acceptors (Lipinski definition) is 2. The van der Waals surface area contributed by atoms with Crippen molar-refractivity contribution in [1.82, 2.24) is 10.6 Å². The third-order valence-electron chi connectivity index (χ3n) is 2.29. The Morgan fingerprint density at radius 3 is 2.69 bits per heavy atom. The summed E-state index contributed by atoms with van der Waals surface area (Å²) in [5.74, 6) is 0.699. The van der Waals surface area contributed by atoms with Crippen LogP contribution in [-0.4, -0.2) is 24.0 Å². The van der Waals surface area contributed by atoms with Gasteiger partial charge in [0.1, 0.15) is 0 Å². The van der Waals surface area contributed by atoms with Crippen molar-refractivity contribution in [3.63, 3.8) is 0 Å². The van der Waals surface area contributed by atoms with E-state index in [2.05, 4.69) is 38.3 Å². The van der Waals surface area contributed by atoms with Crippen LogP contribution in [-0.2, 0) is 4.79 Å². The Bertz CT molecular complexity index is 199. The Labute approximate surface area is 80.3 Å². The molecule has 76 valence electrons. The summed E-state index contributed by atoms with van der Waals surface area (Å²) >= 11 is 0. The van der Waals surface area contributed by atoms with Gasteiger partial charge in [0.15, 0.2) is 0 Å². The van der Waals surface area contributed by atoms with E-state index >= 15 is 0 Å². The number of piperazine rings is 1. The molecule has 3 heteroatoms. The van der Waals surface area contributed by atoms with Gasteiger partial charge in [-0.15, -0.1) is 0 Å². The van der Waals surface area contributed by atoms with Crippen LogP contribution in [0.25, 0.3) is 0 Å². The van der Waals surface area contributed by atoms with Crippen LogP contribution in [0.1, 0.15) is 34.1 Å². The van der Waals surface area contributed by atoms with Crippen molar-refractivity contribution in [2.45, 2.75) is 45.7 Å². The number of carbonyl (C=O) groups excluding carboxylic acids is 1. The number of hydrogen-bond donors (Lipinski definition) is 2. The second kappa shape index (κ2) is 3.66. The average Bonchev–Trinajstić information content (AvgIpc) is 1.95. The van der Waals surface area contributed by atoms with Crippen molar-refractivity contribution in [2.24, 2.45) is 5.92 Å². The molecule has 3 nitrogen and oxygen atoms in total. The molecule has 13 heavy (non-hydrogen) atoms. The first kappa shape index (κ1) is 10.5. The third-order valence-corrected chi connectivity index (χ3v) is 2.29. The third kappa shape index (κ3) is 2.99. The maximum absolute atomic E-state index is 11.4. The SMILES string of the molecule is CC(C)C[C@@H]1NC(C)(C)CNC1=O. The smallest absolute Gasteiger partial charge is 0.237 e. The van der Waals surface area contributed by atoms with E-state index in [1.165, 1.54) is 0 Å². The molecule has 0 saturated carbocycles. The van der Waals surface area contributed by atoms with Gasteiger partial charge in [0.05, 0.1) is 6.04 Å². The second-order valence-electron chi connectivity index (χ2n) is 4.93. The zero-order valence-corrected chi connectivity index (χ0v) is 8.98. The highest BCUT2D eigenvalue weighted by molar-refractivity contribution is 5.82. The lowest BCUT2D eigenvalue weighted by Gasteiger charge is -2.37. The van der Waals surface area contributed by atoms with E-state index in [1.54, 1.807) is 0 Å². The van der Waals surface area contributed by atoms with Crippen molar-refractivity contribution in [3.8, 4) is 0 Å². The molecular weight excluding hydrogens is 164 g/mol. The first-order valence-electron chi connectivity index (χ1n) is 4.96. The molecule has 1 amide bonds. The van der Waals surface area contributed by atoms with E-state index in [4.69, 9.17) is 0 Å². The number of amides is 1. The number of carbonyl (C=O) groups is 1. The summed E-state index contributed by atoms with van der Waals surface area (Å²) in [7, 11) is 0. The van der Waals surface area contributed by atoms with Crippen LogP contribution >= 0.6 is 0 Å². The van der Waals surface area contributed by atoms with Gasteiger partial charge in [0.25, 0.3) is 0 Å². The van der Waals surface area contributed by atoms with Crippen LogP contribution in [0.3, 0.4) is 0 Å². The quantitative estimate of drug-likeness (QED) is 0.669. The standard InChI is InChI=1S/C10H20N2O/c1-7(2)5-8-9(13)11-6-10(3,4)12-8/h7-8,12H,5-6H2,1-4H3,(H,11,13)/t8-/m0/s1. The predicted molar refractivity (Wildman–Crippen MR) is 53.5 cm³/mol. The highest BCUT2D eigenvalue weighted by Crippen LogP contribution is 2.13. The summed E-state index contributed by atoms with van der Waals surface area (Å²) in [6.07, 6.45) is 0.912. The summed E-state index contributed by atoms with van der Waals surface area (Å²) in [5, 5.41) is 6.29. The summed E-state index contributed by atoms with van der Waals surface area (Å²) in [4.78, 5) is 11.4. The zero-order chi connectivity index (χ0) is 10.1. The fraction of sp³-hybridized carbons (Fsp3) is 0.900. The van der Waals surface area contributed by atoms with Gasteiger partial charge in [0.2, 0.25) is 5.91 Å². The van der Waals surface area contributed by atoms with Gasteiger partial charge in [-0.25, -0.2) is 0 Å². The largest absolute Gasteiger partial charge is 0.353 e. The van der Waals surface area contributed by atoms with Crippen molar-refractivity contribution in [2.75, 3.05) is 6.54 Å². The van der Waals surface area contributed by atoms with Crippen LogP contribution < -0.4 is 10.6 Å². The molecular formula is C10H20N2O. The van der Waals surface area contributed by atoms with Crippen molar-refractivity contribution < 1.29 is 4.79 Å². The lowest BCUT2D eigenvalue weighted by molar-refractivity contribution is -0.126. The highest BCUT2D eigenvalue weighted by atomic mass is 16.2. The molecule has 0 bridgehead atoms. The number of nitrogens with one attached hydrogen (secondary N) is 2. The fourth-order valence-electron chi connectivity index (χ4n) is 1.66. The molecule has 1 heterocycles. The molecule has 2 N–H and O–H groups in total. The van der Waals surface area contributed by atoms with Crippen LogP contribution in [0, 0.1) is 5.92 Å². The molecule has 1 aliphatic heterocycles. The van der Waals surface area contributed by atoms with E-state index in [1.807, 2.05) is 0 Å². The molecule has 0 aliphatic carbocycles. The van der Waals surface area contributed by atoms with Crippen LogP contribution in [0.15, 0.2) is 0 Å². The minimum absolute atomic E-state index is 0.0104. The van der Waals surface area contributed by atoms with Crippen LogP contribution in [0.4, 0.5) is 0 Å². The lowest BCUT2D eigenvalue weighted by atomic mass is 9.95. The molecule has 1 aliphatic rings. The zero-order valence-electron chi connectivity index (χ0n) is 8.98. The second-order valence-corrected chi connectivity index (χ2v) is 4.93. The molecule has 0 spiro atoms. The monoisotopic (exact) mass is 184 g/mol. The Balaban J connectivity index is 2.55.